The SMILES string of the molecule is Nc1nc2c(-c3c(Cl)cc4c(N5C6COCC5CC(N)C6)nc(OC[C@@]56CCCN5C[C@H](F)C6)nc4c3F)ccc(F)c2s1. The van der Waals surface area contributed by atoms with Gasteiger partial charge in [-0.1, -0.05) is 22.9 Å². The molecule has 2 bridgehead atoms. The van der Waals surface area contributed by atoms with E-state index in [-0.39, 0.29) is 62.2 Å². The maximum absolute atomic E-state index is 16.8. The molecule has 14 heteroatoms. The van der Waals surface area contributed by atoms with E-state index in [0.29, 0.717) is 55.8 Å². The van der Waals surface area contributed by atoms with Crippen LogP contribution in [-0.2, 0) is 4.74 Å². The van der Waals surface area contributed by atoms with Crippen molar-refractivity contribution in [3.05, 3.63) is 34.9 Å². The summed E-state index contributed by atoms with van der Waals surface area (Å²) in [7, 11) is 0. The van der Waals surface area contributed by atoms with Crippen molar-refractivity contribution in [2.45, 2.75) is 61.9 Å². The minimum absolute atomic E-state index is 0.000717. The fraction of sp³-hybridized carbons (Fsp3) is 0.500. The summed E-state index contributed by atoms with van der Waals surface area (Å²) in [5.74, 6) is -0.725. The maximum Gasteiger partial charge on any atom is 0.319 e. The highest BCUT2D eigenvalue weighted by atomic mass is 35.5. The Kier molecular flexibility index (Phi) is 6.83. The third kappa shape index (κ3) is 4.50. The largest absolute Gasteiger partial charge is 0.461 e. The molecule has 4 aliphatic rings. The number of ether oxygens (including phenoxy) is 2. The summed E-state index contributed by atoms with van der Waals surface area (Å²) in [4.78, 5) is 18.0. The predicted octanol–water partition coefficient (Wildman–Crippen LogP) is 5.07. The van der Waals surface area contributed by atoms with E-state index in [1.807, 2.05) is 0 Å². The molecule has 4 N–H and O–H groups in total. The number of hydrogen-bond acceptors (Lipinski definition) is 10. The second-order valence-electron chi connectivity index (χ2n) is 12.4. The van der Waals surface area contributed by atoms with Crippen LogP contribution in [0.15, 0.2) is 18.2 Å². The first-order valence-corrected chi connectivity index (χ1v) is 16.1. The van der Waals surface area contributed by atoms with Crippen molar-refractivity contribution in [1.29, 1.82) is 0 Å². The van der Waals surface area contributed by atoms with Crippen molar-refractivity contribution >= 4 is 55.0 Å². The highest BCUT2D eigenvalue weighted by Crippen LogP contribution is 2.45. The van der Waals surface area contributed by atoms with Gasteiger partial charge in [0.05, 0.1) is 46.1 Å². The van der Waals surface area contributed by atoms with Crippen LogP contribution in [-0.4, -0.2) is 82.6 Å². The molecule has 0 radical (unpaired) electrons. The molecule has 232 valence electrons. The highest BCUT2D eigenvalue weighted by molar-refractivity contribution is 7.22. The Bertz CT molecular complexity index is 1780. The van der Waals surface area contributed by atoms with Gasteiger partial charge in [-0.25, -0.2) is 18.2 Å². The molecule has 2 aromatic carbocycles. The van der Waals surface area contributed by atoms with Gasteiger partial charge in [0.15, 0.2) is 10.9 Å². The van der Waals surface area contributed by atoms with Crippen LogP contribution in [0, 0.1) is 11.6 Å². The average molecular weight is 646 g/mol. The third-order valence-electron chi connectivity index (χ3n) is 9.66. The first-order valence-electron chi connectivity index (χ1n) is 14.9. The van der Waals surface area contributed by atoms with Crippen LogP contribution < -0.4 is 21.1 Å². The van der Waals surface area contributed by atoms with E-state index in [1.54, 1.807) is 6.07 Å². The van der Waals surface area contributed by atoms with Gasteiger partial charge < -0.3 is 25.8 Å². The molecule has 0 saturated carbocycles. The van der Waals surface area contributed by atoms with E-state index in [9.17, 15) is 8.78 Å². The monoisotopic (exact) mass is 645 g/mol. The number of morpholine rings is 1. The van der Waals surface area contributed by atoms with Crippen LogP contribution in [0.5, 0.6) is 6.01 Å². The molecule has 2 unspecified atom stereocenters. The first kappa shape index (κ1) is 28.5. The lowest BCUT2D eigenvalue weighted by Crippen LogP contribution is -2.60. The highest BCUT2D eigenvalue weighted by Gasteiger charge is 2.49. The Hall–Kier alpha value is -2.97. The van der Waals surface area contributed by atoms with Gasteiger partial charge in [0.1, 0.15) is 29.9 Å². The standard InChI is InChI=1S/C30H31ClF3N7O2S/c31-20-8-19-24(23(34)22(20)18-2-3-21(33)26-25(18)37-28(36)44-26)38-29(43-13-30-4-1-5-40(30)10-14(32)9-30)39-27(19)41-16-6-15(35)7-17(41)12-42-11-16/h2-3,8,14-17H,1,4-7,9-13,35H2,(H2,36,37)/t14-,15?,16?,17?,30+/m1/s1. The summed E-state index contributed by atoms with van der Waals surface area (Å²) >= 11 is 7.81. The number of nitrogen functional groups attached to an aromatic ring is 1. The van der Waals surface area contributed by atoms with E-state index >= 15 is 4.39 Å². The normalized spacial score (nSPS) is 28.7. The molecule has 4 aliphatic heterocycles. The number of anilines is 2. The predicted molar refractivity (Wildman–Crippen MR) is 164 cm³/mol. The Balaban J connectivity index is 1.29. The van der Waals surface area contributed by atoms with Gasteiger partial charge in [0, 0.05) is 35.5 Å². The number of thiazole rings is 1. The zero-order chi connectivity index (χ0) is 30.3. The number of nitrogens with two attached hydrogens (primary N) is 2. The first-order chi connectivity index (χ1) is 21.2. The van der Waals surface area contributed by atoms with Gasteiger partial charge in [-0.05, 0) is 50.4 Å². The van der Waals surface area contributed by atoms with Crippen LogP contribution >= 0.6 is 22.9 Å². The number of hydrogen-bond donors (Lipinski definition) is 2. The van der Waals surface area contributed by atoms with Gasteiger partial charge in [-0.15, -0.1) is 0 Å². The molecular weight excluding hydrogens is 615 g/mol. The maximum atomic E-state index is 16.8. The number of fused-ring (bicyclic) bond motifs is 5. The quantitative estimate of drug-likeness (QED) is 0.307. The topological polar surface area (TPSA) is 116 Å². The van der Waals surface area contributed by atoms with Crippen LogP contribution in [0.4, 0.5) is 24.1 Å². The molecule has 44 heavy (non-hydrogen) atoms. The minimum Gasteiger partial charge on any atom is -0.461 e. The third-order valence-corrected chi connectivity index (χ3v) is 10.8. The lowest BCUT2D eigenvalue weighted by molar-refractivity contribution is 0.0409. The number of piperidine rings is 1. The van der Waals surface area contributed by atoms with Crippen molar-refractivity contribution in [1.82, 2.24) is 19.9 Å². The number of benzene rings is 2. The number of aromatic nitrogens is 3. The zero-order valence-corrected chi connectivity index (χ0v) is 25.3. The van der Waals surface area contributed by atoms with Crippen molar-refractivity contribution in [3.63, 3.8) is 0 Å². The van der Waals surface area contributed by atoms with Crippen molar-refractivity contribution < 1.29 is 22.6 Å². The average Bonchev–Trinajstić information content (AvgIpc) is 3.64. The second-order valence-corrected chi connectivity index (χ2v) is 13.9. The molecule has 2 aromatic heterocycles. The van der Waals surface area contributed by atoms with E-state index in [1.165, 1.54) is 12.1 Å². The van der Waals surface area contributed by atoms with Crippen molar-refractivity contribution in [2.75, 3.05) is 43.5 Å². The molecule has 6 heterocycles. The van der Waals surface area contributed by atoms with Crippen LogP contribution in [0.3, 0.4) is 0 Å². The summed E-state index contributed by atoms with van der Waals surface area (Å²) < 4.78 is 58.3. The summed E-state index contributed by atoms with van der Waals surface area (Å²) in [5, 5.41) is 0.671. The Labute approximate surface area is 260 Å². The summed E-state index contributed by atoms with van der Waals surface area (Å²) in [6.07, 6.45) is 2.59. The Morgan fingerprint density at radius 1 is 1.14 bits per heavy atom. The van der Waals surface area contributed by atoms with Gasteiger partial charge in [-0.2, -0.15) is 9.97 Å². The summed E-state index contributed by atoms with van der Waals surface area (Å²) in [5.41, 5.74) is 12.4. The number of nitrogens with zero attached hydrogens (tertiary/aromatic N) is 5. The number of rotatable bonds is 5. The zero-order valence-electron chi connectivity index (χ0n) is 23.7. The Morgan fingerprint density at radius 2 is 1.93 bits per heavy atom. The van der Waals surface area contributed by atoms with Crippen LogP contribution in [0.1, 0.15) is 32.1 Å². The lowest BCUT2D eigenvalue weighted by atomic mass is 9.90. The lowest BCUT2D eigenvalue weighted by Gasteiger charge is -2.48. The summed E-state index contributed by atoms with van der Waals surface area (Å²) in [6.45, 7) is 2.30. The van der Waals surface area contributed by atoms with E-state index in [2.05, 4.69) is 19.8 Å². The van der Waals surface area contributed by atoms with Crippen LogP contribution in [0.2, 0.25) is 5.02 Å². The molecule has 0 amide bonds. The van der Waals surface area contributed by atoms with E-state index in [0.717, 1.165) is 30.7 Å². The molecule has 0 aliphatic carbocycles. The fourth-order valence-corrected chi connectivity index (χ4v) is 8.87. The molecule has 4 saturated heterocycles. The van der Waals surface area contributed by atoms with Crippen molar-refractivity contribution in [3.8, 4) is 17.1 Å². The van der Waals surface area contributed by atoms with E-state index in [4.69, 9.17) is 37.5 Å². The van der Waals surface area contributed by atoms with Gasteiger partial charge >= 0.3 is 6.01 Å². The van der Waals surface area contributed by atoms with Crippen molar-refractivity contribution in [2.24, 2.45) is 5.73 Å². The molecule has 9 nitrogen and oxygen atoms in total. The van der Waals surface area contributed by atoms with Gasteiger partial charge in [0.25, 0.3) is 0 Å². The smallest absolute Gasteiger partial charge is 0.319 e. The van der Waals surface area contributed by atoms with Crippen LogP contribution in [0.25, 0.3) is 32.2 Å². The van der Waals surface area contributed by atoms with Gasteiger partial charge in [-0.3, -0.25) is 4.90 Å². The molecule has 8 rings (SSSR count). The molecule has 0 spiro atoms. The Morgan fingerprint density at radius 3 is 2.73 bits per heavy atom. The molecule has 4 aromatic rings. The van der Waals surface area contributed by atoms with Gasteiger partial charge in [0.2, 0.25) is 0 Å². The molecule has 4 fully saturated rings. The molecular formula is C30H31ClF3N7O2S. The number of halogens is 4. The minimum atomic E-state index is -0.918. The fourth-order valence-electron chi connectivity index (χ4n) is 7.81. The molecule has 4 atom stereocenters. The second kappa shape index (κ2) is 10.5. The number of alkyl halides is 1. The summed E-state index contributed by atoms with van der Waals surface area (Å²) in [6, 6.07) is 4.19. The van der Waals surface area contributed by atoms with E-state index < -0.39 is 23.3 Å².